The fourth-order valence-electron chi connectivity index (χ4n) is 4.33. The molecular weight excluding hydrogens is 350 g/mol. The molecule has 28 heavy (non-hydrogen) atoms. The van der Waals surface area contributed by atoms with Crippen molar-refractivity contribution >= 4 is 0 Å². The van der Waals surface area contributed by atoms with Crippen LogP contribution in [0.15, 0.2) is 48.5 Å². The van der Waals surface area contributed by atoms with E-state index in [-0.39, 0.29) is 11.0 Å². The smallest absolute Gasteiger partial charge is 0.118 e. The Morgan fingerprint density at radius 2 is 1.54 bits per heavy atom. The summed E-state index contributed by atoms with van der Waals surface area (Å²) < 4.78 is 16.6. The maximum atomic E-state index is 6.03. The maximum Gasteiger partial charge on any atom is 0.118 e. The van der Waals surface area contributed by atoms with Crippen LogP contribution in [0, 0.1) is 0 Å². The van der Waals surface area contributed by atoms with Crippen LogP contribution in [0.25, 0.3) is 0 Å². The van der Waals surface area contributed by atoms with E-state index in [2.05, 4.69) is 55.6 Å². The van der Waals surface area contributed by atoms with Crippen LogP contribution in [0.5, 0.6) is 11.5 Å². The van der Waals surface area contributed by atoms with Crippen LogP contribution < -0.4 is 14.8 Å². The summed E-state index contributed by atoms with van der Waals surface area (Å²) in [7, 11) is 3.41. The number of hydrogen-bond acceptors (Lipinski definition) is 4. The predicted molar refractivity (Wildman–Crippen MR) is 113 cm³/mol. The molecule has 1 saturated heterocycles. The number of rotatable bonds is 8. The molecule has 0 unspecified atom stereocenters. The molecule has 1 fully saturated rings. The third-order valence-corrected chi connectivity index (χ3v) is 5.81. The molecule has 0 amide bonds. The molecule has 4 heteroatoms. The lowest BCUT2D eigenvalue weighted by Crippen LogP contribution is -2.45. The molecule has 0 spiro atoms. The Kier molecular flexibility index (Phi) is 6.63. The van der Waals surface area contributed by atoms with Crippen LogP contribution in [-0.4, -0.2) is 33.0 Å². The van der Waals surface area contributed by atoms with E-state index in [1.54, 1.807) is 14.2 Å². The number of hydrogen-bond donors (Lipinski definition) is 1. The lowest BCUT2D eigenvalue weighted by molar-refractivity contribution is -0.0840. The highest BCUT2D eigenvalue weighted by molar-refractivity contribution is 5.33. The zero-order valence-corrected chi connectivity index (χ0v) is 17.6. The summed E-state index contributed by atoms with van der Waals surface area (Å²) in [6.07, 6.45) is 3.16. The molecule has 2 aromatic rings. The van der Waals surface area contributed by atoms with Gasteiger partial charge in [-0.1, -0.05) is 24.3 Å². The minimum absolute atomic E-state index is 0.103. The third kappa shape index (κ3) is 5.06. The van der Waals surface area contributed by atoms with Gasteiger partial charge in [0.2, 0.25) is 0 Å². The minimum Gasteiger partial charge on any atom is -0.497 e. The van der Waals surface area contributed by atoms with Crippen molar-refractivity contribution in [3.8, 4) is 11.5 Å². The molecule has 1 atom stereocenters. The van der Waals surface area contributed by atoms with E-state index in [4.69, 9.17) is 14.2 Å². The Balaban J connectivity index is 1.66. The van der Waals surface area contributed by atoms with Crippen LogP contribution in [0.3, 0.4) is 0 Å². The van der Waals surface area contributed by atoms with Gasteiger partial charge in [0, 0.05) is 18.6 Å². The Morgan fingerprint density at radius 3 is 2.11 bits per heavy atom. The Bertz CT molecular complexity index is 739. The summed E-state index contributed by atoms with van der Waals surface area (Å²) in [5.74, 6) is 1.80. The normalized spacial score (nSPS) is 21.3. The highest BCUT2D eigenvalue weighted by Crippen LogP contribution is 2.44. The van der Waals surface area contributed by atoms with Crippen LogP contribution in [-0.2, 0) is 16.7 Å². The summed E-state index contributed by atoms with van der Waals surface area (Å²) in [5, 5.41) is 3.62. The zero-order chi connectivity index (χ0) is 20.0. The first-order valence-corrected chi connectivity index (χ1v) is 10.1. The molecular formula is C24H33NO3. The Hall–Kier alpha value is -2.04. The van der Waals surface area contributed by atoms with Crippen LogP contribution >= 0.6 is 0 Å². The van der Waals surface area contributed by atoms with E-state index >= 15 is 0 Å². The predicted octanol–water partition coefficient (Wildman–Crippen LogP) is 4.71. The topological polar surface area (TPSA) is 39.7 Å². The van der Waals surface area contributed by atoms with Crippen molar-refractivity contribution < 1.29 is 14.2 Å². The number of benzene rings is 2. The van der Waals surface area contributed by atoms with Gasteiger partial charge in [0.1, 0.15) is 11.5 Å². The first kappa shape index (κ1) is 20.7. The number of methoxy groups -OCH3 is 2. The highest BCUT2D eigenvalue weighted by atomic mass is 16.5. The summed E-state index contributed by atoms with van der Waals surface area (Å²) in [6.45, 7) is 7.04. The zero-order valence-electron chi connectivity index (χ0n) is 17.6. The summed E-state index contributed by atoms with van der Waals surface area (Å²) in [4.78, 5) is 0. The summed E-state index contributed by atoms with van der Waals surface area (Å²) >= 11 is 0. The maximum absolute atomic E-state index is 6.03. The molecule has 1 aliphatic rings. The van der Waals surface area contributed by atoms with Gasteiger partial charge in [0.15, 0.2) is 0 Å². The van der Waals surface area contributed by atoms with Crippen molar-refractivity contribution in [2.45, 2.75) is 50.7 Å². The number of nitrogens with one attached hydrogen (secondary N) is 1. The first-order chi connectivity index (χ1) is 13.5. The van der Waals surface area contributed by atoms with Gasteiger partial charge in [-0.05, 0) is 75.0 Å². The van der Waals surface area contributed by atoms with Crippen molar-refractivity contribution in [3.05, 3.63) is 59.7 Å². The second-order valence-corrected chi connectivity index (χ2v) is 8.32. The lowest BCUT2D eigenvalue weighted by atomic mass is 9.67. The minimum atomic E-state index is -0.103. The van der Waals surface area contributed by atoms with Gasteiger partial charge in [0.05, 0.1) is 19.8 Å². The monoisotopic (exact) mass is 383 g/mol. The van der Waals surface area contributed by atoms with E-state index < -0.39 is 0 Å². The third-order valence-electron chi connectivity index (χ3n) is 5.81. The SMILES string of the molecule is COc1ccc(CNCC[C@]2(c3ccc(OC)cc3)CCOC(C)(C)C2)cc1. The lowest BCUT2D eigenvalue weighted by Gasteiger charge is -2.45. The average molecular weight is 384 g/mol. The molecule has 0 saturated carbocycles. The largest absolute Gasteiger partial charge is 0.497 e. The van der Waals surface area contributed by atoms with E-state index in [9.17, 15) is 0 Å². The molecule has 0 radical (unpaired) electrons. The quantitative estimate of drug-likeness (QED) is 0.670. The van der Waals surface area contributed by atoms with Crippen molar-refractivity contribution in [2.75, 3.05) is 27.4 Å². The Morgan fingerprint density at radius 1 is 0.929 bits per heavy atom. The van der Waals surface area contributed by atoms with Gasteiger partial charge < -0.3 is 19.5 Å². The second-order valence-electron chi connectivity index (χ2n) is 8.32. The summed E-state index contributed by atoms with van der Waals surface area (Å²) in [5.41, 5.74) is 2.68. The van der Waals surface area contributed by atoms with Gasteiger partial charge in [-0.15, -0.1) is 0 Å². The van der Waals surface area contributed by atoms with Crippen LogP contribution in [0.1, 0.15) is 44.2 Å². The number of ether oxygens (including phenoxy) is 3. The van der Waals surface area contributed by atoms with Crippen LogP contribution in [0.2, 0.25) is 0 Å². The van der Waals surface area contributed by atoms with Gasteiger partial charge in [-0.25, -0.2) is 0 Å². The second kappa shape index (κ2) is 8.97. The van der Waals surface area contributed by atoms with E-state index in [0.717, 1.165) is 50.5 Å². The summed E-state index contributed by atoms with van der Waals surface area (Å²) in [6, 6.07) is 16.8. The van der Waals surface area contributed by atoms with Crippen LogP contribution in [0.4, 0.5) is 0 Å². The molecule has 0 aromatic heterocycles. The van der Waals surface area contributed by atoms with E-state index in [0.29, 0.717) is 0 Å². The molecule has 152 valence electrons. The van der Waals surface area contributed by atoms with Crippen molar-refractivity contribution in [1.29, 1.82) is 0 Å². The van der Waals surface area contributed by atoms with Gasteiger partial charge in [-0.2, -0.15) is 0 Å². The van der Waals surface area contributed by atoms with Crippen molar-refractivity contribution in [2.24, 2.45) is 0 Å². The molecule has 0 bridgehead atoms. The Labute approximate surface area is 169 Å². The first-order valence-electron chi connectivity index (χ1n) is 10.1. The molecule has 4 nitrogen and oxygen atoms in total. The van der Waals surface area contributed by atoms with Crippen molar-refractivity contribution in [3.63, 3.8) is 0 Å². The molecule has 1 aliphatic heterocycles. The van der Waals surface area contributed by atoms with Crippen molar-refractivity contribution in [1.82, 2.24) is 5.32 Å². The fraction of sp³-hybridized carbons (Fsp3) is 0.500. The van der Waals surface area contributed by atoms with Gasteiger partial charge in [-0.3, -0.25) is 0 Å². The van der Waals surface area contributed by atoms with E-state index in [1.165, 1.54) is 11.1 Å². The molecule has 3 rings (SSSR count). The van der Waals surface area contributed by atoms with Gasteiger partial charge >= 0.3 is 0 Å². The standard InChI is InChI=1S/C24H33NO3/c1-23(2)18-24(14-16-28-23,20-7-11-22(27-4)12-8-20)13-15-25-17-19-5-9-21(26-3)10-6-19/h5-12,25H,13-18H2,1-4H3/t24-/m0/s1. The molecule has 2 aromatic carbocycles. The van der Waals surface area contributed by atoms with Gasteiger partial charge in [0.25, 0.3) is 0 Å². The molecule has 1 N–H and O–H groups in total. The molecule has 0 aliphatic carbocycles. The molecule has 1 heterocycles. The van der Waals surface area contributed by atoms with E-state index in [1.807, 2.05) is 12.1 Å². The fourth-order valence-corrected chi connectivity index (χ4v) is 4.33. The highest BCUT2D eigenvalue weighted by Gasteiger charge is 2.41. The average Bonchev–Trinajstić information content (AvgIpc) is 2.71.